The predicted molar refractivity (Wildman–Crippen MR) is 62.6 cm³/mol. The topological polar surface area (TPSA) is 38.7 Å². The lowest BCUT2D eigenvalue weighted by molar-refractivity contribution is -0.144. The number of rotatable bonds is 3. The van der Waals surface area contributed by atoms with E-state index in [0.29, 0.717) is 30.7 Å². The predicted octanol–water partition coefficient (Wildman–Crippen LogP) is 2.48. The Bertz CT molecular complexity index is 480. The van der Waals surface area contributed by atoms with E-state index in [-0.39, 0.29) is 5.97 Å². The molecule has 0 spiro atoms. The largest absolute Gasteiger partial charge is 0.464 e. The first-order chi connectivity index (χ1) is 8.60. The van der Waals surface area contributed by atoms with Crippen molar-refractivity contribution in [2.45, 2.75) is 25.8 Å². The SMILES string of the molecule is CCOC(=O)[C@H]1CCC(c2cc(F)cc(F)c2)=N1. The van der Waals surface area contributed by atoms with Gasteiger partial charge in [-0.15, -0.1) is 0 Å². The third-order valence-electron chi connectivity index (χ3n) is 2.72. The smallest absolute Gasteiger partial charge is 0.330 e. The maximum Gasteiger partial charge on any atom is 0.330 e. The van der Waals surface area contributed by atoms with Crippen molar-refractivity contribution < 1.29 is 18.3 Å². The van der Waals surface area contributed by atoms with Crippen molar-refractivity contribution in [2.75, 3.05) is 6.61 Å². The van der Waals surface area contributed by atoms with Crippen LogP contribution in [-0.2, 0) is 9.53 Å². The van der Waals surface area contributed by atoms with Crippen LogP contribution in [0.5, 0.6) is 0 Å². The fraction of sp³-hybridized carbons (Fsp3) is 0.385. The Morgan fingerprint density at radius 2 is 2.06 bits per heavy atom. The Kier molecular flexibility index (Phi) is 3.69. The molecule has 1 heterocycles. The van der Waals surface area contributed by atoms with Gasteiger partial charge in [0, 0.05) is 17.3 Å². The van der Waals surface area contributed by atoms with Gasteiger partial charge in [-0.2, -0.15) is 0 Å². The molecule has 1 aromatic carbocycles. The van der Waals surface area contributed by atoms with Crippen LogP contribution in [0.25, 0.3) is 0 Å². The van der Waals surface area contributed by atoms with E-state index in [0.717, 1.165) is 6.07 Å². The van der Waals surface area contributed by atoms with Crippen LogP contribution < -0.4 is 0 Å². The van der Waals surface area contributed by atoms with Crippen LogP contribution in [0.2, 0.25) is 0 Å². The van der Waals surface area contributed by atoms with Gasteiger partial charge >= 0.3 is 5.97 Å². The number of nitrogens with zero attached hydrogens (tertiary/aromatic N) is 1. The molecule has 0 unspecified atom stereocenters. The molecule has 1 aliphatic rings. The maximum atomic E-state index is 13.1. The monoisotopic (exact) mass is 253 g/mol. The molecule has 2 rings (SSSR count). The number of carbonyl (C=O) groups is 1. The second kappa shape index (κ2) is 5.25. The summed E-state index contributed by atoms with van der Waals surface area (Å²) in [6, 6.07) is 2.69. The molecule has 0 aromatic heterocycles. The summed E-state index contributed by atoms with van der Waals surface area (Å²) in [7, 11) is 0. The minimum absolute atomic E-state index is 0.300. The van der Waals surface area contributed by atoms with Gasteiger partial charge in [0.05, 0.1) is 6.61 Å². The molecule has 0 bridgehead atoms. The minimum Gasteiger partial charge on any atom is -0.464 e. The van der Waals surface area contributed by atoms with Gasteiger partial charge in [0.25, 0.3) is 0 Å². The summed E-state index contributed by atoms with van der Waals surface area (Å²) in [5, 5.41) is 0. The van der Waals surface area contributed by atoms with Gasteiger partial charge in [0.1, 0.15) is 17.7 Å². The number of carbonyl (C=O) groups excluding carboxylic acids is 1. The Morgan fingerprint density at radius 1 is 1.39 bits per heavy atom. The summed E-state index contributed by atoms with van der Waals surface area (Å²) < 4.78 is 31.0. The number of benzene rings is 1. The van der Waals surface area contributed by atoms with Crippen LogP contribution in [0.1, 0.15) is 25.3 Å². The number of hydrogen-bond donors (Lipinski definition) is 0. The third kappa shape index (κ3) is 2.72. The molecule has 96 valence electrons. The lowest BCUT2D eigenvalue weighted by Gasteiger charge is -2.04. The molecule has 3 nitrogen and oxygen atoms in total. The molecule has 0 fully saturated rings. The van der Waals surface area contributed by atoms with E-state index in [1.807, 2.05) is 0 Å². The minimum atomic E-state index is -0.646. The fourth-order valence-corrected chi connectivity index (χ4v) is 1.94. The molecule has 0 amide bonds. The molecule has 5 heteroatoms. The lowest BCUT2D eigenvalue weighted by atomic mass is 10.1. The number of halogens is 2. The van der Waals surface area contributed by atoms with Crippen molar-refractivity contribution in [3.63, 3.8) is 0 Å². The summed E-state index contributed by atoms with van der Waals surface area (Å²) >= 11 is 0. The molecule has 0 saturated heterocycles. The molecule has 0 N–H and O–H groups in total. The molecule has 1 aromatic rings. The highest BCUT2D eigenvalue weighted by Crippen LogP contribution is 2.21. The molecular weight excluding hydrogens is 240 g/mol. The standard InChI is InChI=1S/C13H13F2NO2/c1-2-18-13(17)12-4-3-11(16-12)8-5-9(14)7-10(15)6-8/h5-7,12H,2-4H2,1H3/t12-/m1/s1. The van der Waals surface area contributed by atoms with Crippen LogP contribution in [0.15, 0.2) is 23.2 Å². The Balaban J connectivity index is 2.19. The van der Waals surface area contributed by atoms with Crippen LogP contribution in [0.4, 0.5) is 8.78 Å². The average Bonchev–Trinajstić information content (AvgIpc) is 2.77. The van der Waals surface area contributed by atoms with Gasteiger partial charge in [-0.05, 0) is 31.9 Å². The summed E-state index contributed by atoms with van der Waals surface area (Å²) in [5.74, 6) is -1.68. The van der Waals surface area contributed by atoms with Gasteiger partial charge in [0.2, 0.25) is 0 Å². The number of aliphatic imine (C=N–C) groups is 1. The van der Waals surface area contributed by atoms with E-state index in [1.54, 1.807) is 6.92 Å². The summed E-state index contributed by atoms with van der Waals surface area (Å²) in [6.45, 7) is 2.02. The first kappa shape index (κ1) is 12.7. The zero-order chi connectivity index (χ0) is 13.1. The third-order valence-corrected chi connectivity index (χ3v) is 2.72. The molecule has 0 aliphatic carbocycles. The number of hydrogen-bond acceptors (Lipinski definition) is 3. The highest BCUT2D eigenvalue weighted by atomic mass is 19.1. The van der Waals surface area contributed by atoms with Gasteiger partial charge in [0.15, 0.2) is 0 Å². The highest BCUT2D eigenvalue weighted by molar-refractivity contribution is 6.03. The van der Waals surface area contributed by atoms with Crippen molar-refractivity contribution in [3.8, 4) is 0 Å². The summed E-state index contributed by atoms with van der Waals surface area (Å²) in [4.78, 5) is 15.6. The van der Waals surface area contributed by atoms with Gasteiger partial charge in [-0.25, -0.2) is 13.6 Å². The van der Waals surface area contributed by atoms with Crippen LogP contribution in [-0.4, -0.2) is 24.3 Å². The Morgan fingerprint density at radius 3 is 2.67 bits per heavy atom. The quantitative estimate of drug-likeness (QED) is 0.776. The van der Waals surface area contributed by atoms with E-state index < -0.39 is 17.7 Å². The fourth-order valence-electron chi connectivity index (χ4n) is 1.94. The summed E-state index contributed by atoms with van der Waals surface area (Å²) in [5.41, 5.74) is 0.936. The van der Waals surface area contributed by atoms with Crippen LogP contribution >= 0.6 is 0 Å². The molecular formula is C13H13F2NO2. The molecule has 1 aliphatic heterocycles. The highest BCUT2D eigenvalue weighted by Gasteiger charge is 2.26. The second-order valence-corrected chi connectivity index (χ2v) is 4.04. The first-order valence-electron chi connectivity index (χ1n) is 5.80. The zero-order valence-corrected chi connectivity index (χ0v) is 9.95. The lowest BCUT2D eigenvalue weighted by Crippen LogP contribution is -2.18. The van der Waals surface area contributed by atoms with E-state index in [2.05, 4.69) is 4.99 Å². The van der Waals surface area contributed by atoms with E-state index in [1.165, 1.54) is 12.1 Å². The van der Waals surface area contributed by atoms with E-state index in [4.69, 9.17) is 4.74 Å². The van der Waals surface area contributed by atoms with Gasteiger partial charge in [-0.3, -0.25) is 4.99 Å². The Labute approximate surface area is 103 Å². The second-order valence-electron chi connectivity index (χ2n) is 4.04. The van der Waals surface area contributed by atoms with Crippen molar-refractivity contribution in [1.29, 1.82) is 0 Å². The molecule has 0 saturated carbocycles. The number of ether oxygens (including phenoxy) is 1. The van der Waals surface area contributed by atoms with Crippen LogP contribution in [0.3, 0.4) is 0 Å². The van der Waals surface area contributed by atoms with E-state index in [9.17, 15) is 13.6 Å². The molecule has 1 atom stereocenters. The van der Waals surface area contributed by atoms with Gasteiger partial charge < -0.3 is 4.74 Å². The Hall–Kier alpha value is -1.78. The maximum absolute atomic E-state index is 13.1. The number of esters is 1. The average molecular weight is 253 g/mol. The first-order valence-corrected chi connectivity index (χ1v) is 5.80. The molecule has 0 radical (unpaired) electrons. The molecule has 18 heavy (non-hydrogen) atoms. The van der Waals surface area contributed by atoms with Crippen LogP contribution in [0, 0.1) is 11.6 Å². The van der Waals surface area contributed by atoms with Crippen molar-refractivity contribution in [3.05, 3.63) is 35.4 Å². The van der Waals surface area contributed by atoms with Crippen molar-refractivity contribution >= 4 is 11.7 Å². The summed E-state index contributed by atoms with van der Waals surface area (Å²) in [6.07, 6.45) is 1.04. The van der Waals surface area contributed by atoms with Gasteiger partial charge in [-0.1, -0.05) is 0 Å². The normalized spacial score (nSPS) is 18.6. The van der Waals surface area contributed by atoms with Crippen molar-refractivity contribution in [1.82, 2.24) is 0 Å². The van der Waals surface area contributed by atoms with Crippen molar-refractivity contribution in [2.24, 2.45) is 4.99 Å². The zero-order valence-electron chi connectivity index (χ0n) is 9.95. The van der Waals surface area contributed by atoms with E-state index >= 15 is 0 Å².